The molecule has 2 atom stereocenters. The summed E-state index contributed by atoms with van der Waals surface area (Å²) >= 11 is 4.55. The molecule has 1 aromatic heterocycles. The number of hydrogen-bond donors (Lipinski definition) is 1. The lowest BCUT2D eigenvalue weighted by Crippen LogP contribution is -2.33. The molecular formula is C15H19N3OS3. The first-order chi connectivity index (χ1) is 10.6. The van der Waals surface area contributed by atoms with Crippen LogP contribution in [0.4, 0.5) is 0 Å². The van der Waals surface area contributed by atoms with Crippen molar-refractivity contribution < 1.29 is 4.79 Å². The first-order valence-corrected chi connectivity index (χ1v) is 9.89. The van der Waals surface area contributed by atoms with Crippen LogP contribution in [-0.2, 0) is 4.79 Å². The molecule has 0 aliphatic carbocycles. The highest BCUT2D eigenvalue weighted by Gasteiger charge is 2.17. The van der Waals surface area contributed by atoms with Crippen molar-refractivity contribution in [2.24, 2.45) is 0 Å². The van der Waals surface area contributed by atoms with Gasteiger partial charge in [-0.3, -0.25) is 4.79 Å². The van der Waals surface area contributed by atoms with Gasteiger partial charge in [-0.2, -0.15) is 0 Å². The van der Waals surface area contributed by atoms with Crippen LogP contribution in [0.5, 0.6) is 0 Å². The van der Waals surface area contributed by atoms with Crippen molar-refractivity contribution in [1.29, 1.82) is 0 Å². The Morgan fingerprint density at radius 3 is 2.55 bits per heavy atom. The molecule has 1 N–H and O–H groups in total. The smallest absolute Gasteiger partial charge is 0.233 e. The first kappa shape index (κ1) is 17.3. The molecule has 118 valence electrons. The lowest BCUT2D eigenvalue weighted by molar-refractivity contribution is -0.120. The molecule has 1 heterocycles. The number of amides is 1. The second kappa shape index (κ2) is 8.55. The molecule has 0 fully saturated rings. The average Bonchev–Trinajstić information content (AvgIpc) is 3.00. The zero-order valence-corrected chi connectivity index (χ0v) is 15.2. The van der Waals surface area contributed by atoms with Crippen molar-refractivity contribution in [2.45, 2.75) is 33.7 Å². The van der Waals surface area contributed by atoms with Gasteiger partial charge in [-0.05, 0) is 24.7 Å². The fraction of sp³-hybridized carbons (Fsp3) is 0.400. The van der Waals surface area contributed by atoms with Gasteiger partial charge in [-0.25, -0.2) is 0 Å². The van der Waals surface area contributed by atoms with E-state index >= 15 is 0 Å². The summed E-state index contributed by atoms with van der Waals surface area (Å²) in [6.45, 7) is 4.65. The van der Waals surface area contributed by atoms with E-state index in [1.54, 1.807) is 11.8 Å². The van der Waals surface area contributed by atoms with E-state index in [0.29, 0.717) is 12.5 Å². The van der Waals surface area contributed by atoms with E-state index in [-0.39, 0.29) is 11.2 Å². The summed E-state index contributed by atoms with van der Waals surface area (Å²) < 4.78 is 1.76. The molecule has 0 unspecified atom stereocenters. The molecule has 7 heteroatoms. The number of nitrogens with one attached hydrogen (secondary N) is 1. The summed E-state index contributed by atoms with van der Waals surface area (Å²) in [5.74, 6) is 0.334. The van der Waals surface area contributed by atoms with Gasteiger partial charge in [-0.15, -0.1) is 10.2 Å². The molecule has 0 aliphatic rings. The Morgan fingerprint density at radius 1 is 1.23 bits per heavy atom. The summed E-state index contributed by atoms with van der Waals surface area (Å²) in [7, 11) is 0. The Hall–Kier alpha value is -1.05. The van der Waals surface area contributed by atoms with Crippen LogP contribution in [0.2, 0.25) is 0 Å². The quantitative estimate of drug-likeness (QED) is 0.770. The third-order valence-electron chi connectivity index (χ3n) is 3.16. The van der Waals surface area contributed by atoms with Gasteiger partial charge < -0.3 is 5.32 Å². The molecule has 1 aromatic carbocycles. The van der Waals surface area contributed by atoms with Crippen molar-refractivity contribution in [3.05, 3.63) is 35.9 Å². The maximum atomic E-state index is 12.2. The van der Waals surface area contributed by atoms with E-state index < -0.39 is 0 Å². The minimum absolute atomic E-state index is 0.0358. The molecule has 0 aliphatic heterocycles. The molecule has 2 aromatic rings. The molecule has 0 saturated heterocycles. The van der Waals surface area contributed by atoms with Crippen molar-refractivity contribution in [3.63, 3.8) is 0 Å². The van der Waals surface area contributed by atoms with Crippen LogP contribution < -0.4 is 5.32 Å². The van der Waals surface area contributed by atoms with Gasteiger partial charge in [0.05, 0.1) is 5.25 Å². The fourth-order valence-electron chi connectivity index (χ4n) is 1.83. The second-order valence-electron chi connectivity index (χ2n) is 4.85. The maximum absolute atomic E-state index is 12.2. The third-order valence-corrected chi connectivity index (χ3v) is 6.24. The van der Waals surface area contributed by atoms with Crippen LogP contribution in [0, 0.1) is 0 Å². The highest BCUT2D eigenvalue weighted by atomic mass is 32.2. The normalized spacial score (nSPS) is 13.6. The first-order valence-electron chi connectivity index (χ1n) is 6.97. The minimum Gasteiger partial charge on any atom is -0.355 e. The highest BCUT2D eigenvalue weighted by Crippen LogP contribution is 2.30. The fourth-order valence-corrected chi connectivity index (χ4v) is 4.44. The lowest BCUT2D eigenvalue weighted by atomic mass is 10.0. The van der Waals surface area contributed by atoms with Gasteiger partial charge in [0, 0.05) is 6.54 Å². The minimum atomic E-state index is -0.175. The average molecular weight is 354 g/mol. The zero-order valence-electron chi connectivity index (χ0n) is 12.8. The van der Waals surface area contributed by atoms with E-state index in [9.17, 15) is 4.79 Å². The Morgan fingerprint density at radius 2 is 1.91 bits per heavy atom. The number of rotatable bonds is 7. The summed E-state index contributed by atoms with van der Waals surface area (Å²) in [5.41, 5.74) is 1.23. The number of carbonyl (C=O) groups excluding carboxylic acids is 1. The van der Waals surface area contributed by atoms with Crippen molar-refractivity contribution in [1.82, 2.24) is 15.5 Å². The summed E-state index contributed by atoms with van der Waals surface area (Å²) in [5, 5.41) is 11.0. The SMILES string of the molecule is CSc1nnc(S[C@@H](C)C(=O)NC[C@H](C)c2ccccc2)s1. The van der Waals surface area contributed by atoms with Crippen LogP contribution in [0.15, 0.2) is 39.0 Å². The van der Waals surface area contributed by atoms with E-state index in [4.69, 9.17) is 0 Å². The molecule has 0 spiro atoms. The Balaban J connectivity index is 1.81. The Kier molecular flexibility index (Phi) is 6.72. The summed E-state index contributed by atoms with van der Waals surface area (Å²) in [4.78, 5) is 12.2. The van der Waals surface area contributed by atoms with E-state index in [0.717, 1.165) is 8.68 Å². The van der Waals surface area contributed by atoms with Crippen LogP contribution >= 0.6 is 34.9 Å². The molecule has 0 saturated carbocycles. The number of nitrogens with zero attached hydrogens (tertiary/aromatic N) is 2. The van der Waals surface area contributed by atoms with Gasteiger partial charge in [0.25, 0.3) is 0 Å². The van der Waals surface area contributed by atoms with Crippen LogP contribution in [-0.4, -0.2) is 34.2 Å². The summed E-state index contributed by atoms with van der Waals surface area (Å²) in [6.07, 6.45) is 1.97. The molecule has 0 bridgehead atoms. The third kappa shape index (κ3) is 5.00. The van der Waals surface area contributed by atoms with Gasteiger partial charge in [-0.1, -0.05) is 72.1 Å². The Bertz CT molecular complexity index is 603. The van der Waals surface area contributed by atoms with Gasteiger partial charge in [0.1, 0.15) is 0 Å². The molecule has 0 radical (unpaired) electrons. The monoisotopic (exact) mass is 353 g/mol. The number of hydrogen-bond acceptors (Lipinski definition) is 6. The lowest BCUT2D eigenvalue weighted by Gasteiger charge is -2.15. The Labute approximate surface area is 143 Å². The van der Waals surface area contributed by atoms with Crippen LogP contribution in [0.1, 0.15) is 25.3 Å². The van der Waals surface area contributed by atoms with Gasteiger partial charge in [0.15, 0.2) is 8.68 Å². The zero-order chi connectivity index (χ0) is 15.9. The second-order valence-corrected chi connectivity index (χ2v) is 8.47. The number of benzene rings is 1. The van der Waals surface area contributed by atoms with Gasteiger partial charge >= 0.3 is 0 Å². The standard InChI is InChI=1S/C15H19N3OS3/c1-10(12-7-5-4-6-8-12)9-16-13(19)11(2)21-15-18-17-14(20-3)22-15/h4-8,10-11H,9H2,1-3H3,(H,16,19)/t10-,11-/m0/s1. The van der Waals surface area contributed by atoms with Crippen molar-refractivity contribution >= 4 is 40.8 Å². The molecule has 22 heavy (non-hydrogen) atoms. The molecule has 4 nitrogen and oxygen atoms in total. The largest absolute Gasteiger partial charge is 0.355 e. The van der Waals surface area contributed by atoms with Crippen LogP contribution in [0.25, 0.3) is 0 Å². The molecule has 1 amide bonds. The predicted molar refractivity (Wildman–Crippen MR) is 94.9 cm³/mol. The summed E-state index contributed by atoms with van der Waals surface area (Å²) in [6, 6.07) is 10.2. The van der Waals surface area contributed by atoms with E-state index in [1.165, 1.54) is 28.7 Å². The van der Waals surface area contributed by atoms with Crippen molar-refractivity contribution in [3.8, 4) is 0 Å². The van der Waals surface area contributed by atoms with E-state index in [2.05, 4.69) is 34.6 Å². The van der Waals surface area contributed by atoms with Crippen molar-refractivity contribution in [2.75, 3.05) is 12.8 Å². The topological polar surface area (TPSA) is 54.9 Å². The van der Waals surface area contributed by atoms with Crippen LogP contribution in [0.3, 0.4) is 0 Å². The number of aromatic nitrogens is 2. The van der Waals surface area contributed by atoms with E-state index in [1.807, 2.05) is 31.4 Å². The van der Waals surface area contributed by atoms with Gasteiger partial charge in [0.2, 0.25) is 5.91 Å². The maximum Gasteiger partial charge on any atom is 0.233 e. The molecule has 2 rings (SSSR count). The number of thioether (sulfide) groups is 2. The molecular weight excluding hydrogens is 334 g/mol. The predicted octanol–water partition coefficient (Wildman–Crippen LogP) is 3.66. The number of carbonyl (C=O) groups is 1. The highest BCUT2D eigenvalue weighted by molar-refractivity contribution is 8.03.